The van der Waals surface area contributed by atoms with Gasteiger partial charge in [0, 0.05) is 6.04 Å². The van der Waals surface area contributed by atoms with Crippen LogP contribution in [0, 0.1) is 11.7 Å². The van der Waals surface area contributed by atoms with E-state index < -0.39 is 0 Å². The zero-order chi connectivity index (χ0) is 14.5. The monoisotopic (exact) mass is 294 g/mol. The molecule has 1 aromatic rings. The summed E-state index contributed by atoms with van der Waals surface area (Å²) < 4.78 is 12.9. The number of hydrogen-bond donors (Lipinski definition) is 2. The number of benzene rings is 1. The molecule has 0 heterocycles. The van der Waals surface area contributed by atoms with Crippen LogP contribution in [-0.4, -0.2) is 11.2 Å². The maximum atomic E-state index is 12.9. The van der Waals surface area contributed by atoms with Crippen molar-refractivity contribution in [3.8, 4) is 0 Å². The van der Waals surface area contributed by atoms with E-state index in [1.165, 1.54) is 37.8 Å². The third kappa shape index (κ3) is 4.17. The summed E-state index contributed by atoms with van der Waals surface area (Å²) in [6.07, 6.45) is 5.06. The predicted octanol–water partition coefficient (Wildman–Crippen LogP) is 3.93. The van der Waals surface area contributed by atoms with Crippen LogP contribution in [0.15, 0.2) is 24.3 Å². The Morgan fingerprint density at radius 1 is 1.25 bits per heavy atom. The second-order valence-corrected chi connectivity index (χ2v) is 6.17. The Bertz CT molecular complexity index is 446. The van der Waals surface area contributed by atoms with E-state index in [1.54, 1.807) is 12.1 Å². The topological polar surface area (TPSA) is 24.1 Å². The van der Waals surface area contributed by atoms with Gasteiger partial charge in [-0.3, -0.25) is 0 Å². The van der Waals surface area contributed by atoms with E-state index in [2.05, 4.69) is 17.6 Å². The fourth-order valence-electron chi connectivity index (χ4n) is 2.77. The van der Waals surface area contributed by atoms with E-state index in [4.69, 9.17) is 12.2 Å². The molecule has 0 radical (unpaired) electrons. The van der Waals surface area contributed by atoms with Crippen LogP contribution in [0.1, 0.15) is 51.1 Å². The van der Waals surface area contributed by atoms with E-state index in [9.17, 15) is 4.39 Å². The molecule has 1 aliphatic carbocycles. The normalized spacial score (nSPS) is 23.9. The molecule has 110 valence electrons. The summed E-state index contributed by atoms with van der Waals surface area (Å²) in [5.74, 6) is 0.460. The van der Waals surface area contributed by atoms with E-state index in [0.29, 0.717) is 17.1 Å². The van der Waals surface area contributed by atoms with Gasteiger partial charge in [-0.2, -0.15) is 0 Å². The first-order chi connectivity index (χ1) is 9.56. The minimum absolute atomic E-state index is 0.0782. The fourth-order valence-corrected chi connectivity index (χ4v) is 3.10. The number of rotatable bonds is 3. The average Bonchev–Trinajstić information content (AvgIpc) is 2.42. The quantitative estimate of drug-likeness (QED) is 0.826. The van der Waals surface area contributed by atoms with Crippen molar-refractivity contribution in [1.82, 2.24) is 10.6 Å². The van der Waals surface area contributed by atoms with E-state index in [1.807, 2.05) is 6.92 Å². The number of hydrogen-bond acceptors (Lipinski definition) is 1. The van der Waals surface area contributed by atoms with Crippen LogP contribution in [0.3, 0.4) is 0 Å². The highest BCUT2D eigenvalue weighted by Gasteiger charge is 2.22. The number of nitrogens with one attached hydrogen (secondary N) is 2. The molecule has 0 aromatic heterocycles. The Balaban J connectivity index is 1.85. The summed E-state index contributed by atoms with van der Waals surface area (Å²) >= 11 is 5.39. The van der Waals surface area contributed by atoms with Crippen LogP contribution in [0.2, 0.25) is 0 Å². The van der Waals surface area contributed by atoms with Crippen LogP contribution in [0.5, 0.6) is 0 Å². The fraction of sp³-hybridized carbons (Fsp3) is 0.562. The molecule has 2 N–H and O–H groups in total. The van der Waals surface area contributed by atoms with Crippen molar-refractivity contribution in [3.05, 3.63) is 35.6 Å². The highest BCUT2D eigenvalue weighted by Crippen LogP contribution is 2.23. The molecule has 2 rings (SSSR count). The van der Waals surface area contributed by atoms with Crippen LogP contribution in [-0.2, 0) is 0 Å². The van der Waals surface area contributed by atoms with Gasteiger partial charge in [0.05, 0.1) is 6.04 Å². The molecule has 1 aromatic carbocycles. The van der Waals surface area contributed by atoms with Gasteiger partial charge in [0.15, 0.2) is 5.11 Å². The molecule has 4 heteroatoms. The molecule has 0 unspecified atom stereocenters. The summed E-state index contributed by atoms with van der Waals surface area (Å²) in [6, 6.07) is 7.09. The average molecular weight is 294 g/mol. The van der Waals surface area contributed by atoms with E-state index >= 15 is 0 Å². The van der Waals surface area contributed by atoms with Crippen molar-refractivity contribution in [3.63, 3.8) is 0 Å². The van der Waals surface area contributed by atoms with Gasteiger partial charge in [0.2, 0.25) is 0 Å². The first kappa shape index (κ1) is 15.2. The van der Waals surface area contributed by atoms with Crippen LogP contribution in [0.25, 0.3) is 0 Å². The Morgan fingerprint density at radius 2 is 1.90 bits per heavy atom. The van der Waals surface area contributed by atoms with Crippen molar-refractivity contribution in [1.29, 1.82) is 0 Å². The first-order valence-electron chi connectivity index (χ1n) is 7.39. The van der Waals surface area contributed by atoms with Gasteiger partial charge in [-0.25, -0.2) is 4.39 Å². The van der Waals surface area contributed by atoms with Crippen molar-refractivity contribution in [2.75, 3.05) is 0 Å². The summed E-state index contributed by atoms with van der Waals surface area (Å²) in [5.41, 5.74) is 1.03. The van der Waals surface area contributed by atoms with Gasteiger partial charge in [0.1, 0.15) is 5.82 Å². The summed E-state index contributed by atoms with van der Waals surface area (Å²) in [6.45, 7) is 4.31. The largest absolute Gasteiger partial charge is 0.360 e. The van der Waals surface area contributed by atoms with Gasteiger partial charge < -0.3 is 10.6 Å². The highest BCUT2D eigenvalue weighted by molar-refractivity contribution is 7.80. The third-order valence-electron chi connectivity index (χ3n) is 4.15. The molecule has 0 amide bonds. The summed E-state index contributed by atoms with van der Waals surface area (Å²) in [7, 11) is 0. The number of halogens is 1. The van der Waals surface area contributed by atoms with Gasteiger partial charge in [-0.05, 0) is 55.6 Å². The standard InChI is InChI=1S/C16H23FN2S/c1-11-5-3-4-6-15(11)19-16(20)18-12(2)13-7-9-14(17)10-8-13/h7-12,15H,3-6H2,1-2H3,(H2,18,19,20)/t11-,12+,15-/m1/s1. The first-order valence-corrected chi connectivity index (χ1v) is 7.79. The highest BCUT2D eigenvalue weighted by atomic mass is 32.1. The van der Waals surface area contributed by atoms with Crippen LogP contribution >= 0.6 is 12.2 Å². The van der Waals surface area contributed by atoms with Crippen molar-refractivity contribution < 1.29 is 4.39 Å². The molecular weight excluding hydrogens is 271 g/mol. The minimum Gasteiger partial charge on any atom is -0.360 e. The lowest BCUT2D eigenvalue weighted by molar-refractivity contribution is 0.307. The Kier molecular flexibility index (Phi) is 5.35. The molecule has 3 atom stereocenters. The van der Waals surface area contributed by atoms with E-state index in [-0.39, 0.29) is 11.9 Å². The van der Waals surface area contributed by atoms with Gasteiger partial charge in [-0.1, -0.05) is 31.9 Å². The lowest BCUT2D eigenvalue weighted by atomic mass is 9.86. The Morgan fingerprint density at radius 3 is 2.55 bits per heavy atom. The molecule has 0 aliphatic heterocycles. The Hall–Kier alpha value is -1.16. The lowest BCUT2D eigenvalue weighted by Crippen LogP contribution is -2.46. The summed E-state index contributed by atoms with van der Waals surface area (Å²) in [4.78, 5) is 0. The molecule has 1 fully saturated rings. The summed E-state index contributed by atoms with van der Waals surface area (Å²) in [5, 5.41) is 7.40. The van der Waals surface area contributed by atoms with Gasteiger partial charge >= 0.3 is 0 Å². The molecule has 20 heavy (non-hydrogen) atoms. The SMILES string of the molecule is C[C@H](NC(=S)N[C@@H]1CCCC[C@H]1C)c1ccc(F)cc1. The second-order valence-electron chi connectivity index (χ2n) is 5.76. The molecular formula is C16H23FN2S. The Labute approximate surface area is 126 Å². The van der Waals surface area contributed by atoms with Crippen molar-refractivity contribution in [2.24, 2.45) is 5.92 Å². The molecule has 0 spiro atoms. The molecule has 2 nitrogen and oxygen atoms in total. The zero-order valence-electron chi connectivity index (χ0n) is 12.2. The van der Waals surface area contributed by atoms with Crippen LogP contribution in [0.4, 0.5) is 4.39 Å². The van der Waals surface area contributed by atoms with E-state index in [0.717, 1.165) is 5.56 Å². The predicted molar refractivity (Wildman–Crippen MR) is 85.1 cm³/mol. The molecule has 0 saturated heterocycles. The maximum Gasteiger partial charge on any atom is 0.166 e. The van der Waals surface area contributed by atoms with Crippen molar-refractivity contribution in [2.45, 2.75) is 51.6 Å². The van der Waals surface area contributed by atoms with Crippen molar-refractivity contribution >= 4 is 17.3 Å². The lowest BCUT2D eigenvalue weighted by Gasteiger charge is -2.31. The number of thiocarbonyl (C=S) groups is 1. The van der Waals surface area contributed by atoms with Crippen LogP contribution < -0.4 is 10.6 Å². The maximum absolute atomic E-state index is 12.9. The molecule has 1 saturated carbocycles. The molecule has 1 aliphatic rings. The molecule has 0 bridgehead atoms. The zero-order valence-corrected chi connectivity index (χ0v) is 13.0. The third-order valence-corrected chi connectivity index (χ3v) is 4.38. The van der Waals surface area contributed by atoms with Gasteiger partial charge in [-0.15, -0.1) is 0 Å². The minimum atomic E-state index is -0.210. The smallest absolute Gasteiger partial charge is 0.166 e. The van der Waals surface area contributed by atoms with Gasteiger partial charge in [0.25, 0.3) is 0 Å². The second kappa shape index (κ2) is 7.02.